The third-order valence-corrected chi connectivity index (χ3v) is 5.07. The van der Waals surface area contributed by atoms with Crippen LogP contribution >= 0.6 is 0 Å². The van der Waals surface area contributed by atoms with E-state index >= 15 is 0 Å². The highest BCUT2D eigenvalue weighted by Crippen LogP contribution is 2.21. The number of aliphatic carboxylic acids is 1. The summed E-state index contributed by atoms with van der Waals surface area (Å²) >= 11 is 0. The van der Waals surface area contributed by atoms with Gasteiger partial charge in [-0.3, -0.25) is 14.4 Å². The van der Waals surface area contributed by atoms with E-state index in [1.807, 2.05) is 20.8 Å². The Kier molecular flexibility index (Phi) is 8.08. The van der Waals surface area contributed by atoms with E-state index in [1.165, 1.54) is 6.08 Å². The Morgan fingerprint density at radius 1 is 1.23 bits per heavy atom. The van der Waals surface area contributed by atoms with E-state index < -0.39 is 23.5 Å². The van der Waals surface area contributed by atoms with Crippen molar-refractivity contribution >= 4 is 23.9 Å². The third kappa shape index (κ3) is 7.63. The lowest BCUT2D eigenvalue weighted by molar-refractivity contribution is -0.137. The molecule has 2 saturated heterocycles. The topological polar surface area (TPSA) is 116 Å². The number of amides is 3. The van der Waals surface area contributed by atoms with Crippen LogP contribution in [0.2, 0.25) is 0 Å². The van der Waals surface area contributed by atoms with E-state index in [1.54, 1.807) is 15.9 Å². The Balaban J connectivity index is 1.80. The molecule has 2 atom stereocenters. The Morgan fingerprint density at radius 3 is 2.48 bits per heavy atom. The van der Waals surface area contributed by atoms with Gasteiger partial charge in [-0.15, -0.1) is 6.42 Å². The zero-order chi connectivity index (χ0) is 23.2. The van der Waals surface area contributed by atoms with Gasteiger partial charge in [-0.2, -0.15) is 0 Å². The molecule has 0 aliphatic carbocycles. The van der Waals surface area contributed by atoms with Crippen molar-refractivity contribution in [3.05, 3.63) is 12.2 Å². The summed E-state index contributed by atoms with van der Waals surface area (Å²) in [6.07, 6.45) is 9.14. The van der Waals surface area contributed by atoms with Gasteiger partial charge in [0.2, 0.25) is 11.8 Å². The molecule has 170 valence electrons. The molecule has 0 aromatic heterocycles. The molecular weight excluding hydrogens is 402 g/mol. The maximum atomic E-state index is 12.5. The number of ether oxygens (including phenoxy) is 1. The lowest BCUT2D eigenvalue weighted by Gasteiger charge is -2.38. The summed E-state index contributed by atoms with van der Waals surface area (Å²) < 4.78 is 5.31. The molecule has 0 aromatic rings. The van der Waals surface area contributed by atoms with Crippen LogP contribution in [-0.4, -0.2) is 76.6 Å². The van der Waals surface area contributed by atoms with Gasteiger partial charge in [-0.25, -0.2) is 4.79 Å². The van der Waals surface area contributed by atoms with Crippen LogP contribution in [0.5, 0.6) is 0 Å². The zero-order valence-electron chi connectivity index (χ0n) is 18.3. The SMILES string of the molecule is C#CC(CC(=O)O)NC(=O)[C@@H]1CCCN(C(=O)/C=C/C2CN(C(=O)OC(C)(C)C)C2)C1. The minimum atomic E-state index is -1.09. The second-order valence-electron chi connectivity index (χ2n) is 8.95. The summed E-state index contributed by atoms with van der Waals surface area (Å²) in [5, 5.41) is 11.4. The van der Waals surface area contributed by atoms with E-state index in [9.17, 15) is 19.2 Å². The van der Waals surface area contributed by atoms with Crippen LogP contribution in [0.25, 0.3) is 0 Å². The maximum absolute atomic E-state index is 12.5. The first-order valence-corrected chi connectivity index (χ1v) is 10.4. The molecule has 2 heterocycles. The summed E-state index contributed by atoms with van der Waals surface area (Å²) in [7, 11) is 0. The summed E-state index contributed by atoms with van der Waals surface area (Å²) in [5.41, 5.74) is -0.543. The highest BCUT2D eigenvalue weighted by molar-refractivity contribution is 5.89. The Morgan fingerprint density at radius 2 is 1.90 bits per heavy atom. The molecular formula is C22H31N3O6. The standard InChI is InChI=1S/C22H31N3O6/c1-5-17(11-19(27)28)23-20(29)16-7-6-10-24(14-16)18(26)9-8-15-12-25(13-15)21(30)31-22(2,3)4/h1,8-9,15-17H,6-7,10-14H2,2-4H3,(H,23,29)(H,27,28)/b9-8+/t16-,17?/m1/s1. The van der Waals surface area contributed by atoms with Crippen molar-refractivity contribution < 1.29 is 29.0 Å². The van der Waals surface area contributed by atoms with Crippen molar-refractivity contribution in [2.45, 2.75) is 51.7 Å². The average Bonchev–Trinajstić information content (AvgIpc) is 2.64. The quantitative estimate of drug-likeness (QED) is 0.481. The predicted molar refractivity (Wildman–Crippen MR) is 113 cm³/mol. The summed E-state index contributed by atoms with van der Waals surface area (Å²) in [5.74, 6) is 0.316. The molecule has 2 fully saturated rings. The number of terminal acetylenes is 1. The first kappa shape index (κ1) is 24.3. The van der Waals surface area contributed by atoms with Crippen molar-refractivity contribution in [3.8, 4) is 12.3 Å². The number of likely N-dealkylation sites (tertiary alicyclic amines) is 2. The number of hydrogen-bond donors (Lipinski definition) is 2. The largest absolute Gasteiger partial charge is 0.481 e. The van der Waals surface area contributed by atoms with Crippen LogP contribution < -0.4 is 5.32 Å². The van der Waals surface area contributed by atoms with E-state index in [-0.39, 0.29) is 36.8 Å². The number of carbonyl (C=O) groups is 4. The monoisotopic (exact) mass is 433 g/mol. The van der Waals surface area contributed by atoms with Crippen LogP contribution in [0.3, 0.4) is 0 Å². The van der Waals surface area contributed by atoms with Gasteiger partial charge in [0.1, 0.15) is 11.6 Å². The normalized spacial score (nSPS) is 20.5. The average molecular weight is 434 g/mol. The van der Waals surface area contributed by atoms with E-state index in [2.05, 4.69) is 11.2 Å². The highest BCUT2D eigenvalue weighted by atomic mass is 16.6. The molecule has 0 spiro atoms. The molecule has 2 rings (SSSR count). The van der Waals surface area contributed by atoms with Crippen LogP contribution in [-0.2, 0) is 19.1 Å². The number of carboxylic acid groups (broad SMARTS) is 1. The van der Waals surface area contributed by atoms with Crippen molar-refractivity contribution in [1.29, 1.82) is 0 Å². The predicted octanol–water partition coefficient (Wildman–Crippen LogP) is 1.24. The minimum Gasteiger partial charge on any atom is -0.481 e. The van der Waals surface area contributed by atoms with Gasteiger partial charge in [0, 0.05) is 32.1 Å². The fourth-order valence-corrected chi connectivity index (χ4v) is 3.44. The molecule has 0 aromatic carbocycles. The molecule has 9 nitrogen and oxygen atoms in total. The number of nitrogens with zero attached hydrogens (tertiary/aromatic N) is 2. The highest BCUT2D eigenvalue weighted by Gasteiger charge is 2.33. The van der Waals surface area contributed by atoms with E-state index in [0.717, 1.165) is 0 Å². The van der Waals surface area contributed by atoms with Crippen LogP contribution in [0.1, 0.15) is 40.0 Å². The molecule has 31 heavy (non-hydrogen) atoms. The molecule has 9 heteroatoms. The lowest BCUT2D eigenvalue weighted by atomic mass is 9.96. The van der Waals surface area contributed by atoms with Gasteiger partial charge in [-0.1, -0.05) is 12.0 Å². The third-order valence-electron chi connectivity index (χ3n) is 5.07. The maximum Gasteiger partial charge on any atom is 0.410 e. The fraction of sp³-hybridized carbons (Fsp3) is 0.636. The van der Waals surface area contributed by atoms with Gasteiger partial charge in [0.15, 0.2) is 0 Å². The number of rotatable bonds is 6. The lowest BCUT2D eigenvalue weighted by Crippen LogP contribution is -2.51. The molecule has 1 unspecified atom stereocenters. The van der Waals surface area contributed by atoms with E-state index in [0.29, 0.717) is 32.5 Å². The molecule has 0 bridgehead atoms. The van der Waals surface area contributed by atoms with Crippen LogP contribution in [0.15, 0.2) is 12.2 Å². The van der Waals surface area contributed by atoms with Crippen molar-refractivity contribution in [2.24, 2.45) is 11.8 Å². The smallest absolute Gasteiger partial charge is 0.410 e. The Bertz CT molecular complexity index is 773. The van der Waals surface area contributed by atoms with Crippen molar-refractivity contribution in [3.63, 3.8) is 0 Å². The van der Waals surface area contributed by atoms with Crippen LogP contribution in [0, 0.1) is 24.2 Å². The van der Waals surface area contributed by atoms with Gasteiger partial charge < -0.3 is 25.0 Å². The first-order valence-electron chi connectivity index (χ1n) is 10.4. The van der Waals surface area contributed by atoms with Gasteiger partial charge >= 0.3 is 12.1 Å². The second-order valence-corrected chi connectivity index (χ2v) is 8.95. The van der Waals surface area contributed by atoms with E-state index in [4.69, 9.17) is 16.3 Å². The Hall–Kier alpha value is -3.02. The Labute approximate surface area is 182 Å². The fourth-order valence-electron chi connectivity index (χ4n) is 3.44. The number of nitrogens with one attached hydrogen (secondary N) is 1. The molecule has 2 aliphatic heterocycles. The van der Waals surface area contributed by atoms with Gasteiger partial charge in [0.05, 0.1) is 12.3 Å². The molecule has 2 aliphatic rings. The molecule has 2 N–H and O–H groups in total. The van der Waals surface area contributed by atoms with Crippen LogP contribution in [0.4, 0.5) is 4.79 Å². The molecule has 0 saturated carbocycles. The van der Waals surface area contributed by atoms with Gasteiger partial charge in [-0.05, 0) is 39.7 Å². The summed E-state index contributed by atoms with van der Waals surface area (Å²) in [6.45, 7) is 7.24. The molecule has 0 radical (unpaired) electrons. The van der Waals surface area contributed by atoms with Gasteiger partial charge in [0.25, 0.3) is 0 Å². The zero-order valence-corrected chi connectivity index (χ0v) is 18.3. The number of hydrogen-bond acceptors (Lipinski definition) is 5. The number of carboxylic acids is 1. The van der Waals surface area contributed by atoms with Crippen molar-refractivity contribution in [2.75, 3.05) is 26.2 Å². The first-order chi connectivity index (χ1) is 14.5. The summed E-state index contributed by atoms with van der Waals surface area (Å²) in [6, 6.07) is -0.873. The second kappa shape index (κ2) is 10.3. The number of carbonyl (C=O) groups excluding carboxylic acids is 3. The summed E-state index contributed by atoms with van der Waals surface area (Å²) in [4.78, 5) is 50.9. The minimum absolute atomic E-state index is 0.0905. The molecule has 3 amide bonds. The number of piperidine rings is 1. The van der Waals surface area contributed by atoms with Crippen molar-refractivity contribution in [1.82, 2.24) is 15.1 Å².